The van der Waals surface area contributed by atoms with Gasteiger partial charge in [-0.15, -0.1) is 11.3 Å². The van der Waals surface area contributed by atoms with Crippen LogP contribution in [0.5, 0.6) is 5.75 Å². The van der Waals surface area contributed by atoms with Crippen molar-refractivity contribution >= 4 is 21.4 Å². The van der Waals surface area contributed by atoms with Crippen LogP contribution in [0, 0.1) is 0 Å². The zero-order valence-electron chi connectivity index (χ0n) is 10.8. The van der Waals surface area contributed by atoms with Gasteiger partial charge in [-0.25, -0.2) is 0 Å². The first-order valence-corrected chi connectivity index (χ1v) is 6.73. The standard InChI is InChI=1S/C14H19NOS/c1-9(2)13-10-6-5-7-11(16-4)14(10)17-12(13)8-15-3/h5-7,9,15H,8H2,1-4H3. The van der Waals surface area contributed by atoms with Crippen molar-refractivity contribution in [2.24, 2.45) is 0 Å². The van der Waals surface area contributed by atoms with Gasteiger partial charge < -0.3 is 10.1 Å². The van der Waals surface area contributed by atoms with Gasteiger partial charge in [-0.1, -0.05) is 26.0 Å². The second-order valence-electron chi connectivity index (χ2n) is 4.46. The molecule has 1 aromatic heterocycles. The van der Waals surface area contributed by atoms with E-state index in [1.807, 2.05) is 24.5 Å². The summed E-state index contributed by atoms with van der Waals surface area (Å²) in [5.41, 5.74) is 1.46. The fraction of sp³-hybridized carbons (Fsp3) is 0.429. The molecular formula is C14H19NOS. The van der Waals surface area contributed by atoms with Crippen LogP contribution in [-0.2, 0) is 6.54 Å². The minimum absolute atomic E-state index is 0.541. The topological polar surface area (TPSA) is 21.3 Å². The quantitative estimate of drug-likeness (QED) is 0.891. The number of fused-ring (bicyclic) bond motifs is 1. The Kier molecular flexibility index (Phi) is 3.69. The Labute approximate surface area is 107 Å². The van der Waals surface area contributed by atoms with E-state index in [4.69, 9.17) is 4.74 Å². The molecule has 2 aromatic rings. The molecule has 0 amide bonds. The molecule has 0 spiro atoms. The zero-order chi connectivity index (χ0) is 12.4. The van der Waals surface area contributed by atoms with Gasteiger partial charge in [-0.2, -0.15) is 0 Å². The number of benzene rings is 1. The number of methoxy groups -OCH3 is 1. The van der Waals surface area contributed by atoms with Crippen LogP contribution >= 0.6 is 11.3 Å². The van der Waals surface area contributed by atoms with Gasteiger partial charge in [0.1, 0.15) is 5.75 Å². The van der Waals surface area contributed by atoms with E-state index in [0.717, 1.165) is 12.3 Å². The number of rotatable bonds is 4. The number of hydrogen-bond acceptors (Lipinski definition) is 3. The Balaban J connectivity index is 2.69. The Morgan fingerprint density at radius 3 is 2.71 bits per heavy atom. The summed E-state index contributed by atoms with van der Waals surface area (Å²) in [7, 11) is 3.73. The van der Waals surface area contributed by atoms with Crippen molar-refractivity contribution in [3.8, 4) is 5.75 Å². The van der Waals surface area contributed by atoms with Crippen molar-refractivity contribution in [2.45, 2.75) is 26.3 Å². The normalized spacial score (nSPS) is 11.4. The zero-order valence-corrected chi connectivity index (χ0v) is 11.6. The summed E-state index contributed by atoms with van der Waals surface area (Å²) in [5, 5.41) is 4.59. The van der Waals surface area contributed by atoms with Crippen molar-refractivity contribution in [1.82, 2.24) is 5.32 Å². The maximum absolute atomic E-state index is 5.44. The van der Waals surface area contributed by atoms with Crippen molar-refractivity contribution in [1.29, 1.82) is 0 Å². The van der Waals surface area contributed by atoms with E-state index in [0.29, 0.717) is 5.92 Å². The van der Waals surface area contributed by atoms with Gasteiger partial charge in [0.2, 0.25) is 0 Å². The molecule has 0 aliphatic rings. The maximum Gasteiger partial charge on any atom is 0.136 e. The first-order chi connectivity index (χ1) is 8.19. The van der Waals surface area contributed by atoms with Gasteiger partial charge in [-0.05, 0) is 30.0 Å². The molecule has 0 unspecified atom stereocenters. The summed E-state index contributed by atoms with van der Waals surface area (Å²) in [6.07, 6.45) is 0. The van der Waals surface area contributed by atoms with Crippen LogP contribution in [-0.4, -0.2) is 14.2 Å². The van der Waals surface area contributed by atoms with Gasteiger partial charge in [0.05, 0.1) is 11.8 Å². The number of hydrogen-bond donors (Lipinski definition) is 1. The lowest BCUT2D eigenvalue weighted by molar-refractivity contribution is 0.420. The minimum atomic E-state index is 0.541. The third-order valence-electron chi connectivity index (χ3n) is 2.93. The second kappa shape index (κ2) is 5.07. The predicted octanol–water partition coefficient (Wildman–Crippen LogP) is 3.75. The highest BCUT2D eigenvalue weighted by atomic mass is 32.1. The first kappa shape index (κ1) is 12.4. The molecule has 0 atom stereocenters. The van der Waals surface area contributed by atoms with Crippen LogP contribution in [0.15, 0.2) is 18.2 Å². The van der Waals surface area contributed by atoms with Gasteiger partial charge in [0.25, 0.3) is 0 Å². The Bertz CT molecular complexity index is 516. The third kappa shape index (κ3) is 2.17. The third-order valence-corrected chi connectivity index (χ3v) is 4.17. The summed E-state index contributed by atoms with van der Waals surface area (Å²) in [5.74, 6) is 1.52. The largest absolute Gasteiger partial charge is 0.495 e. The SMILES string of the molecule is CNCc1sc2c(OC)cccc2c1C(C)C. The van der Waals surface area contributed by atoms with Crippen molar-refractivity contribution in [3.63, 3.8) is 0 Å². The van der Waals surface area contributed by atoms with Crippen molar-refractivity contribution < 1.29 is 4.74 Å². The highest BCUT2D eigenvalue weighted by Crippen LogP contribution is 2.40. The highest BCUT2D eigenvalue weighted by Gasteiger charge is 2.16. The average molecular weight is 249 g/mol. The van der Waals surface area contributed by atoms with Crippen LogP contribution in [0.25, 0.3) is 10.1 Å². The van der Waals surface area contributed by atoms with Gasteiger partial charge in [0.15, 0.2) is 0 Å². The fourth-order valence-electron chi connectivity index (χ4n) is 2.25. The van der Waals surface area contributed by atoms with Gasteiger partial charge in [-0.3, -0.25) is 0 Å². The molecule has 1 aromatic carbocycles. The predicted molar refractivity (Wildman–Crippen MR) is 75.2 cm³/mol. The summed E-state index contributed by atoms with van der Waals surface area (Å²) >= 11 is 1.84. The van der Waals surface area contributed by atoms with Crippen molar-refractivity contribution in [3.05, 3.63) is 28.6 Å². The molecule has 0 radical (unpaired) electrons. The van der Waals surface area contributed by atoms with Crippen LogP contribution in [0.4, 0.5) is 0 Å². The number of thiophene rings is 1. The van der Waals surface area contributed by atoms with E-state index in [2.05, 4.69) is 31.3 Å². The summed E-state index contributed by atoms with van der Waals surface area (Å²) in [6.45, 7) is 5.43. The molecule has 2 nitrogen and oxygen atoms in total. The molecule has 3 heteroatoms. The maximum atomic E-state index is 5.44. The van der Waals surface area contributed by atoms with Crippen LogP contribution < -0.4 is 10.1 Å². The summed E-state index contributed by atoms with van der Waals surface area (Å²) < 4.78 is 6.71. The lowest BCUT2D eigenvalue weighted by Crippen LogP contribution is -2.05. The number of ether oxygens (including phenoxy) is 1. The molecule has 0 saturated heterocycles. The smallest absolute Gasteiger partial charge is 0.136 e. The second-order valence-corrected chi connectivity index (χ2v) is 5.57. The van der Waals surface area contributed by atoms with E-state index in [-0.39, 0.29) is 0 Å². The minimum Gasteiger partial charge on any atom is -0.495 e. The molecule has 92 valence electrons. The lowest BCUT2D eigenvalue weighted by Gasteiger charge is -2.08. The monoisotopic (exact) mass is 249 g/mol. The van der Waals surface area contributed by atoms with E-state index in [9.17, 15) is 0 Å². The van der Waals surface area contributed by atoms with Crippen LogP contribution in [0.1, 0.15) is 30.2 Å². The molecule has 17 heavy (non-hydrogen) atoms. The van der Waals surface area contributed by atoms with Crippen LogP contribution in [0.2, 0.25) is 0 Å². The molecule has 0 saturated carbocycles. The van der Waals surface area contributed by atoms with Crippen molar-refractivity contribution in [2.75, 3.05) is 14.2 Å². The average Bonchev–Trinajstić information content (AvgIpc) is 2.67. The first-order valence-electron chi connectivity index (χ1n) is 5.92. The Morgan fingerprint density at radius 2 is 2.12 bits per heavy atom. The Hall–Kier alpha value is -1.06. The molecule has 0 bridgehead atoms. The summed E-state index contributed by atoms with van der Waals surface area (Å²) in [6, 6.07) is 6.30. The molecule has 0 fully saturated rings. The molecule has 0 aliphatic heterocycles. The molecule has 1 N–H and O–H groups in total. The molecule has 1 heterocycles. The Morgan fingerprint density at radius 1 is 1.35 bits per heavy atom. The van der Waals surface area contributed by atoms with E-state index in [1.165, 1.54) is 20.5 Å². The van der Waals surface area contributed by atoms with Gasteiger partial charge in [0, 0.05) is 11.4 Å². The fourth-order valence-corrected chi connectivity index (χ4v) is 3.71. The molecule has 2 rings (SSSR count). The highest BCUT2D eigenvalue weighted by molar-refractivity contribution is 7.19. The van der Waals surface area contributed by atoms with E-state index >= 15 is 0 Å². The van der Waals surface area contributed by atoms with Gasteiger partial charge >= 0.3 is 0 Å². The lowest BCUT2D eigenvalue weighted by atomic mass is 9.99. The van der Waals surface area contributed by atoms with E-state index in [1.54, 1.807) is 7.11 Å². The number of nitrogens with one attached hydrogen (secondary N) is 1. The van der Waals surface area contributed by atoms with E-state index < -0.39 is 0 Å². The molecule has 0 aliphatic carbocycles. The summed E-state index contributed by atoms with van der Waals surface area (Å²) in [4.78, 5) is 1.42. The molecular weight excluding hydrogens is 230 g/mol. The van der Waals surface area contributed by atoms with Crippen LogP contribution in [0.3, 0.4) is 0 Å².